The van der Waals surface area contributed by atoms with Crippen LogP contribution < -0.4 is 20.1 Å². The second kappa shape index (κ2) is 6.09. The van der Waals surface area contributed by atoms with Crippen molar-refractivity contribution in [3.63, 3.8) is 0 Å². The molecule has 2 N–H and O–H groups in total. The molecule has 122 valence electrons. The van der Waals surface area contributed by atoms with Gasteiger partial charge in [-0.05, 0) is 35.9 Å². The number of hydrogen-bond acceptors (Lipinski definition) is 5. The number of thioether (sulfide) groups is 1. The lowest BCUT2D eigenvalue weighted by atomic mass is 10.1. The number of carbonyl (C=O) groups excluding carboxylic acids is 2. The van der Waals surface area contributed by atoms with E-state index in [1.807, 2.05) is 24.3 Å². The Balaban J connectivity index is 1.45. The molecule has 2 aromatic carbocycles. The molecule has 0 spiro atoms. The number of rotatable bonds is 3. The second-order valence-corrected chi connectivity index (χ2v) is 6.44. The maximum Gasteiger partial charge on any atom is 0.251 e. The highest BCUT2D eigenvalue weighted by Crippen LogP contribution is 2.33. The van der Waals surface area contributed by atoms with Crippen molar-refractivity contribution in [3.8, 4) is 11.5 Å². The summed E-state index contributed by atoms with van der Waals surface area (Å²) in [7, 11) is 0. The molecule has 2 aromatic rings. The third-order valence-electron chi connectivity index (χ3n) is 3.76. The van der Waals surface area contributed by atoms with Crippen LogP contribution in [0, 0.1) is 0 Å². The van der Waals surface area contributed by atoms with Crippen molar-refractivity contribution in [1.29, 1.82) is 0 Å². The molecule has 0 aromatic heterocycles. The highest BCUT2D eigenvalue weighted by molar-refractivity contribution is 8.00. The molecule has 4 rings (SSSR count). The number of fused-ring (bicyclic) bond motifs is 2. The molecule has 0 atom stereocenters. The Bertz CT molecular complexity index is 837. The average Bonchev–Trinajstić information content (AvgIpc) is 3.06. The zero-order chi connectivity index (χ0) is 16.5. The topological polar surface area (TPSA) is 76.7 Å². The van der Waals surface area contributed by atoms with Gasteiger partial charge in [0.05, 0.1) is 11.4 Å². The van der Waals surface area contributed by atoms with E-state index in [0.717, 1.165) is 10.5 Å². The summed E-state index contributed by atoms with van der Waals surface area (Å²) in [6.07, 6.45) is 0. The van der Waals surface area contributed by atoms with E-state index in [-0.39, 0.29) is 18.6 Å². The predicted molar refractivity (Wildman–Crippen MR) is 89.5 cm³/mol. The molecule has 0 unspecified atom stereocenters. The van der Waals surface area contributed by atoms with Crippen molar-refractivity contribution in [2.75, 3.05) is 17.9 Å². The molecule has 2 heterocycles. The van der Waals surface area contributed by atoms with Crippen molar-refractivity contribution in [2.45, 2.75) is 11.4 Å². The van der Waals surface area contributed by atoms with E-state index < -0.39 is 0 Å². The Labute approximate surface area is 142 Å². The fourth-order valence-electron chi connectivity index (χ4n) is 2.56. The van der Waals surface area contributed by atoms with Crippen LogP contribution in [-0.2, 0) is 11.3 Å². The standard InChI is InChI=1S/C17H14N2O4S/c20-16-8-24-15-4-2-11(6-12(15)19-16)17(21)18-7-10-1-3-13-14(5-10)23-9-22-13/h1-6H,7-9H2,(H,18,21)(H,19,20). The summed E-state index contributed by atoms with van der Waals surface area (Å²) in [5.74, 6) is 1.57. The first-order valence-electron chi connectivity index (χ1n) is 7.42. The lowest BCUT2D eigenvalue weighted by Crippen LogP contribution is -2.24. The molecular formula is C17H14N2O4S. The first-order valence-corrected chi connectivity index (χ1v) is 8.41. The zero-order valence-electron chi connectivity index (χ0n) is 12.6. The van der Waals surface area contributed by atoms with Crippen LogP contribution in [0.3, 0.4) is 0 Å². The minimum Gasteiger partial charge on any atom is -0.454 e. The molecule has 6 nitrogen and oxygen atoms in total. The fourth-order valence-corrected chi connectivity index (χ4v) is 3.35. The van der Waals surface area contributed by atoms with Crippen LogP contribution in [0.4, 0.5) is 5.69 Å². The molecule has 2 amide bonds. The van der Waals surface area contributed by atoms with E-state index >= 15 is 0 Å². The summed E-state index contributed by atoms with van der Waals surface area (Å²) in [4.78, 5) is 24.8. The Kier molecular flexibility index (Phi) is 3.78. The van der Waals surface area contributed by atoms with Crippen molar-refractivity contribution in [3.05, 3.63) is 47.5 Å². The molecular weight excluding hydrogens is 328 g/mol. The zero-order valence-corrected chi connectivity index (χ0v) is 13.4. The number of carbonyl (C=O) groups is 2. The minimum absolute atomic E-state index is 0.0505. The van der Waals surface area contributed by atoms with Gasteiger partial charge in [0, 0.05) is 17.0 Å². The molecule has 0 bridgehead atoms. The lowest BCUT2D eigenvalue weighted by molar-refractivity contribution is -0.113. The number of hydrogen-bond donors (Lipinski definition) is 2. The van der Waals surface area contributed by atoms with Gasteiger partial charge in [-0.15, -0.1) is 11.8 Å². The smallest absolute Gasteiger partial charge is 0.251 e. The number of nitrogens with one attached hydrogen (secondary N) is 2. The van der Waals surface area contributed by atoms with Crippen molar-refractivity contribution in [2.24, 2.45) is 0 Å². The van der Waals surface area contributed by atoms with Gasteiger partial charge >= 0.3 is 0 Å². The SMILES string of the molecule is O=C1CSc2ccc(C(=O)NCc3ccc4c(c3)OCO4)cc2N1. The summed E-state index contributed by atoms with van der Waals surface area (Å²) in [5.41, 5.74) is 2.12. The third-order valence-corrected chi connectivity index (χ3v) is 4.84. The summed E-state index contributed by atoms with van der Waals surface area (Å²) >= 11 is 1.47. The fraction of sp³-hybridized carbons (Fsp3) is 0.176. The molecule has 24 heavy (non-hydrogen) atoms. The molecule has 0 aliphatic carbocycles. The van der Waals surface area contributed by atoms with Crippen LogP contribution in [0.25, 0.3) is 0 Å². The minimum atomic E-state index is -0.194. The monoisotopic (exact) mass is 342 g/mol. The van der Waals surface area contributed by atoms with E-state index in [0.29, 0.717) is 35.0 Å². The molecule has 2 aliphatic heterocycles. The van der Waals surface area contributed by atoms with Crippen LogP contribution in [0.2, 0.25) is 0 Å². The third kappa shape index (κ3) is 2.90. The van der Waals surface area contributed by atoms with E-state index in [1.54, 1.807) is 12.1 Å². The normalized spacial score (nSPS) is 14.8. The number of ether oxygens (including phenoxy) is 2. The van der Waals surface area contributed by atoms with Crippen molar-refractivity contribution < 1.29 is 19.1 Å². The van der Waals surface area contributed by atoms with Crippen LogP contribution in [0.5, 0.6) is 11.5 Å². The highest BCUT2D eigenvalue weighted by atomic mass is 32.2. The van der Waals surface area contributed by atoms with Gasteiger partial charge in [0.15, 0.2) is 11.5 Å². The predicted octanol–water partition coefficient (Wildman–Crippen LogP) is 2.39. The quantitative estimate of drug-likeness (QED) is 0.896. The van der Waals surface area contributed by atoms with Crippen LogP contribution >= 0.6 is 11.8 Å². The molecule has 7 heteroatoms. The van der Waals surface area contributed by atoms with Crippen molar-refractivity contribution >= 4 is 29.3 Å². The van der Waals surface area contributed by atoms with Gasteiger partial charge in [-0.25, -0.2) is 0 Å². The second-order valence-electron chi connectivity index (χ2n) is 5.42. The highest BCUT2D eigenvalue weighted by Gasteiger charge is 2.18. The Morgan fingerprint density at radius 2 is 2.04 bits per heavy atom. The Hall–Kier alpha value is -2.67. The molecule has 0 saturated heterocycles. The molecule has 0 fully saturated rings. The first kappa shape index (κ1) is 14.9. The Morgan fingerprint density at radius 3 is 2.96 bits per heavy atom. The average molecular weight is 342 g/mol. The van der Waals surface area contributed by atoms with Gasteiger partial charge in [0.2, 0.25) is 12.7 Å². The van der Waals surface area contributed by atoms with E-state index in [1.165, 1.54) is 11.8 Å². The van der Waals surface area contributed by atoms with E-state index in [2.05, 4.69) is 10.6 Å². The van der Waals surface area contributed by atoms with Crippen LogP contribution in [0.1, 0.15) is 15.9 Å². The summed E-state index contributed by atoms with van der Waals surface area (Å²) in [6.45, 7) is 0.609. The van der Waals surface area contributed by atoms with E-state index in [4.69, 9.17) is 9.47 Å². The van der Waals surface area contributed by atoms with Gasteiger partial charge in [0.25, 0.3) is 5.91 Å². The molecule has 0 radical (unpaired) electrons. The number of amides is 2. The Morgan fingerprint density at radius 1 is 1.17 bits per heavy atom. The molecule has 2 aliphatic rings. The van der Waals surface area contributed by atoms with Gasteiger partial charge in [-0.1, -0.05) is 6.07 Å². The van der Waals surface area contributed by atoms with Gasteiger partial charge < -0.3 is 20.1 Å². The van der Waals surface area contributed by atoms with E-state index in [9.17, 15) is 9.59 Å². The largest absolute Gasteiger partial charge is 0.454 e. The van der Waals surface area contributed by atoms with Gasteiger partial charge in [-0.2, -0.15) is 0 Å². The number of anilines is 1. The number of benzene rings is 2. The summed E-state index contributed by atoms with van der Waals surface area (Å²) in [6, 6.07) is 10.9. The van der Waals surface area contributed by atoms with Gasteiger partial charge in [0.1, 0.15) is 0 Å². The van der Waals surface area contributed by atoms with Crippen LogP contribution in [-0.4, -0.2) is 24.4 Å². The maximum absolute atomic E-state index is 12.3. The van der Waals surface area contributed by atoms with Gasteiger partial charge in [-0.3, -0.25) is 9.59 Å². The lowest BCUT2D eigenvalue weighted by Gasteiger charge is -2.17. The maximum atomic E-state index is 12.3. The molecule has 0 saturated carbocycles. The summed E-state index contributed by atoms with van der Waals surface area (Å²) < 4.78 is 10.6. The van der Waals surface area contributed by atoms with Crippen LogP contribution in [0.15, 0.2) is 41.3 Å². The first-order chi connectivity index (χ1) is 11.7. The summed E-state index contributed by atoms with van der Waals surface area (Å²) in [5, 5.41) is 5.66. The van der Waals surface area contributed by atoms with Crippen molar-refractivity contribution in [1.82, 2.24) is 5.32 Å².